The third kappa shape index (κ3) is 4.49. The molecule has 0 aromatic heterocycles. The first-order chi connectivity index (χ1) is 11.1. The molecule has 1 aliphatic carbocycles. The van der Waals surface area contributed by atoms with Crippen LogP contribution in [0.1, 0.15) is 39.0 Å². The van der Waals surface area contributed by atoms with Crippen LogP contribution < -0.4 is 5.32 Å². The van der Waals surface area contributed by atoms with Crippen LogP contribution in [-0.4, -0.2) is 66.9 Å². The van der Waals surface area contributed by atoms with Crippen molar-refractivity contribution in [2.75, 3.05) is 32.8 Å². The Labute approximate surface area is 136 Å². The van der Waals surface area contributed by atoms with Gasteiger partial charge in [-0.05, 0) is 19.8 Å². The highest BCUT2D eigenvalue weighted by atomic mass is 16.6. The Morgan fingerprint density at radius 1 is 1.09 bits per heavy atom. The summed E-state index contributed by atoms with van der Waals surface area (Å²) in [7, 11) is 0. The van der Waals surface area contributed by atoms with Gasteiger partial charge in [-0.15, -0.1) is 0 Å². The van der Waals surface area contributed by atoms with Crippen molar-refractivity contribution in [2.45, 2.75) is 44.8 Å². The Hall–Kier alpha value is -1.99. The van der Waals surface area contributed by atoms with Crippen LogP contribution in [-0.2, 0) is 14.3 Å². The lowest BCUT2D eigenvalue weighted by Crippen LogP contribution is -2.59. The standard InChI is InChI=1S/C15H25N3O5/c1-2-22-14(21)18-10-8-17(9-11-18)13(20)16-15(23-12-19)6-4-3-5-7-15/h12H,2-11H2,1H3,(H,16,20). The predicted octanol–water partition coefficient (Wildman–Crippen LogP) is 1.30. The monoisotopic (exact) mass is 327 g/mol. The molecule has 2 fully saturated rings. The summed E-state index contributed by atoms with van der Waals surface area (Å²) in [4.78, 5) is 38.1. The van der Waals surface area contributed by atoms with Crippen LogP contribution in [0.5, 0.6) is 0 Å². The Morgan fingerprint density at radius 3 is 2.26 bits per heavy atom. The number of nitrogens with one attached hydrogen (secondary N) is 1. The van der Waals surface area contributed by atoms with Gasteiger partial charge in [0.15, 0.2) is 5.72 Å². The van der Waals surface area contributed by atoms with E-state index in [2.05, 4.69) is 5.32 Å². The van der Waals surface area contributed by atoms with Crippen molar-refractivity contribution in [3.63, 3.8) is 0 Å². The van der Waals surface area contributed by atoms with Crippen LogP contribution in [0.15, 0.2) is 0 Å². The van der Waals surface area contributed by atoms with Crippen LogP contribution >= 0.6 is 0 Å². The number of nitrogens with zero attached hydrogens (tertiary/aromatic N) is 2. The highest BCUT2D eigenvalue weighted by Gasteiger charge is 2.37. The lowest BCUT2D eigenvalue weighted by molar-refractivity contribution is -0.150. The van der Waals surface area contributed by atoms with Crippen LogP contribution in [0.2, 0.25) is 0 Å². The number of urea groups is 1. The SMILES string of the molecule is CCOC(=O)N1CCN(C(=O)NC2(OC=O)CCCCC2)CC1. The second-order valence-corrected chi connectivity index (χ2v) is 5.87. The molecule has 130 valence electrons. The number of hydrogen-bond donors (Lipinski definition) is 1. The molecule has 0 aromatic carbocycles. The van der Waals surface area contributed by atoms with Gasteiger partial charge in [-0.1, -0.05) is 6.42 Å². The zero-order chi connectivity index (χ0) is 16.7. The number of hydrogen-bond acceptors (Lipinski definition) is 5. The fraction of sp³-hybridized carbons (Fsp3) is 0.800. The predicted molar refractivity (Wildman–Crippen MR) is 81.7 cm³/mol. The zero-order valence-electron chi connectivity index (χ0n) is 13.6. The molecule has 0 bridgehead atoms. The van der Waals surface area contributed by atoms with E-state index >= 15 is 0 Å². The molecular formula is C15H25N3O5. The van der Waals surface area contributed by atoms with Crippen LogP contribution in [0.25, 0.3) is 0 Å². The zero-order valence-corrected chi connectivity index (χ0v) is 13.6. The Bertz CT molecular complexity index is 429. The Balaban J connectivity index is 1.86. The maximum atomic E-state index is 12.4. The van der Waals surface area contributed by atoms with Gasteiger partial charge in [-0.2, -0.15) is 0 Å². The van der Waals surface area contributed by atoms with Crippen molar-refractivity contribution in [2.24, 2.45) is 0 Å². The number of carbonyl (C=O) groups is 3. The lowest BCUT2D eigenvalue weighted by atomic mass is 9.91. The van der Waals surface area contributed by atoms with E-state index in [1.54, 1.807) is 16.7 Å². The smallest absolute Gasteiger partial charge is 0.409 e. The highest BCUT2D eigenvalue weighted by Crippen LogP contribution is 2.29. The summed E-state index contributed by atoms with van der Waals surface area (Å²) in [5.41, 5.74) is -0.880. The molecular weight excluding hydrogens is 302 g/mol. The molecule has 8 nitrogen and oxygen atoms in total. The fourth-order valence-electron chi connectivity index (χ4n) is 3.07. The minimum atomic E-state index is -0.880. The number of amides is 3. The first-order valence-electron chi connectivity index (χ1n) is 8.20. The first-order valence-corrected chi connectivity index (χ1v) is 8.20. The second kappa shape index (κ2) is 8.03. The van der Waals surface area contributed by atoms with Gasteiger partial charge in [0, 0.05) is 39.0 Å². The summed E-state index contributed by atoms with van der Waals surface area (Å²) in [5, 5.41) is 2.87. The molecule has 0 radical (unpaired) electrons. The second-order valence-electron chi connectivity index (χ2n) is 5.87. The summed E-state index contributed by atoms with van der Waals surface area (Å²) in [6.45, 7) is 4.25. The van der Waals surface area contributed by atoms with E-state index in [-0.39, 0.29) is 12.1 Å². The molecule has 1 aliphatic heterocycles. The van der Waals surface area contributed by atoms with Gasteiger partial charge in [0.25, 0.3) is 6.47 Å². The van der Waals surface area contributed by atoms with E-state index in [9.17, 15) is 14.4 Å². The molecule has 0 unspecified atom stereocenters. The number of ether oxygens (including phenoxy) is 2. The first kappa shape index (κ1) is 17.4. The molecule has 1 heterocycles. The van der Waals surface area contributed by atoms with Gasteiger partial charge in [-0.3, -0.25) is 10.1 Å². The van der Waals surface area contributed by atoms with Crippen LogP contribution in [0.3, 0.4) is 0 Å². The number of carbonyl (C=O) groups excluding carboxylic acids is 3. The van der Waals surface area contributed by atoms with E-state index in [1.807, 2.05) is 0 Å². The average Bonchev–Trinajstić information content (AvgIpc) is 2.56. The molecule has 23 heavy (non-hydrogen) atoms. The van der Waals surface area contributed by atoms with Gasteiger partial charge >= 0.3 is 12.1 Å². The van der Waals surface area contributed by atoms with Crippen LogP contribution in [0, 0.1) is 0 Å². The largest absolute Gasteiger partial charge is 0.450 e. The third-order valence-corrected chi connectivity index (χ3v) is 4.36. The highest BCUT2D eigenvalue weighted by molar-refractivity contribution is 5.75. The van der Waals surface area contributed by atoms with E-state index in [0.29, 0.717) is 52.1 Å². The summed E-state index contributed by atoms with van der Waals surface area (Å²) in [6, 6.07) is -0.253. The fourth-order valence-corrected chi connectivity index (χ4v) is 3.07. The third-order valence-electron chi connectivity index (χ3n) is 4.36. The molecule has 2 rings (SSSR count). The van der Waals surface area contributed by atoms with E-state index in [1.165, 1.54) is 0 Å². The minimum Gasteiger partial charge on any atom is -0.450 e. The Kier molecular flexibility index (Phi) is 6.06. The topological polar surface area (TPSA) is 88.2 Å². The van der Waals surface area contributed by atoms with Crippen molar-refractivity contribution >= 4 is 18.6 Å². The van der Waals surface area contributed by atoms with E-state index in [0.717, 1.165) is 19.3 Å². The summed E-state index contributed by atoms with van der Waals surface area (Å²) in [6.07, 6.45) is 3.86. The maximum Gasteiger partial charge on any atom is 0.409 e. The summed E-state index contributed by atoms with van der Waals surface area (Å²) >= 11 is 0. The molecule has 8 heteroatoms. The molecule has 2 aliphatic rings. The number of rotatable bonds is 4. The lowest BCUT2D eigenvalue weighted by Gasteiger charge is -2.39. The molecule has 0 spiro atoms. The average molecular weight is 327 g/mol. The molecule has 0 atom stereocenters. The van der Waals surface area contributed by atoms with Gasteiger partial charge in [0.1, 0.15) is 0 Å². The molecule has 1 saturated carbocycles. The maximum absolute atomic E-state index is 12.4. The Morgan fingerprint density at radius 2 is 1.70 bits per heavy atom. The van der Waals surface area contributed by atoms with Crippen molar-refractivity contribution in [3.8, 4) is 0 Å². The van der Waals surface area contributed by atoms with Crippen molar-refractivity contribution in [3.05, 3.63) is 0 Å². The van der Waals surface area contributed by atoms with E-state index in [4.69, 9.17) is 9.47 Å². The van der Waals surface area contributed by atoms with E-state index < -0.39 is 5.72 Å². The molecule has 0 aromatic rings. The number of piperazine rings is 1. The summed E-state index contributed by atoms with van der Waals surface area (Å²) < 4.78 is 10.2. The quantitative estimate of drug-likeness (QED) is 0.621. The molecule has 1 N–H and O–H groups in total. The van der Waals surface area contributed by atoms with Crippen molar-refractivity contribution < 1.29 is 23.9 Å². The van der Waals surface area contributed by atoms with Crippen LogP contribution in [0.4, 0.5) is 9.59 Å². The van der Waals surface area contributed by atoms with Crippen molar-refractivity contribution in [1.82, 2.24) is 15.1 Å². The van der Waals surface area contributed by atoms with Gasteiger partial charge in [0.2, 0.25) is 0 Å². The summed E-state index contributed by atoms with van der Waals surface area (Å²) in [5.74, 6) is 0. The normalized spacial score (nSPS) is 20.6. The minimum absolute atomic E-state index is 0.253. The van der Waals surface area contributed by atoms with Gasteiger partial charge < -0.3 is 19.3 Å². The van der Waals surface area contributed by atoms with Gasteiger partial charge in [0.05, 0.1) is 6.61 Å². The molecule has 1 saturated heterocycles. The van der Waals surface area contributed by atoms with Crippen molar-refractivity contribution in [1.29, 1.82) is 0 Å². The van der Waals surface area contributed by atoms with Gasteiger partial charge in [-0.25, -0.2) is 9.59 Å². The molecule has 3 amide bonds.